The van der Waals surface area contributed by atoms with E-state index in [1.165, 1.54) is 12.1 Å². The summed E-state index contributed by atoms with van der Waals surface area (Å²) in [5.41, 5.74) is 6.46. The Morgan fingerprint density at radius 3 is 2.44 bits per heavy atom. The molecule has 0 radical (unpaired) electrons. The second kappa shape index (κ2) is 5.50. The van der Waals surface area contributed by atoms with Gasteiger partial charge in [0, 0.05) is 16.1 Å². The molecule has 2 aromatic rings. The maximum Gasteiger partial charge on any atom is 0.132 e. The van der Waals surface area contributed by atoms with E-state index in [4.69, 9.17) is 10.5 Å². The molecule has 0 heterocycles. The molecule has 0 spiro atoms. The molecule has 0 fully saturated rings. The standard InChI is InChI=1S/C14H13BrFNO/c1-9(17)13-8-11(16)4-7-14(13)18-12-5-2-10(15)3-6-12/h2-9H,17H2,1H3. The van der Waals surface area contributed by atoms with Gasteiger partial charge in [0.05, 0.1) is 0 Å². The highest BCUT2D eigenvalue weighted by Crippen LogP contribution is 2.30. The van der Waals surface area contributed by atoms with E-state index >= 15 is 0 Å². The summed E-state index contributed by atoms with van der Waals surface area (Å²) in [6, 6.07) is 11.5. The normalized spacial score (nSPS) is 12.2. The lowest BCUT2D eigenvalue weighted by atomic mass is 10.1. The molecule has 2 nitrogen and oxygen atoms in total. The third-order valence-electron chi connectivity index (χ3n) is 2.50. The van der Waals surface area contributed by atoms with E-state index in [1.807, 2.05) is 24.3 Å². The number of hydrogen-bond acceptors (Lipinski definition) is 2. The fraction of sp³-hybridized carbons (Fsp3) is 0.143. The first-order valence-electron chi connectivity index (χ1n) is 5.54. The van der Waals surface area contributed by atoms with E-state index in [2.05, 4.69) is 15.9 Å². The first-order valence-corrected chi connectivity index (χ1v) is 6.34. The molecule has 0 saturated carbocycles. The molecule has 2 aromatic carbocycles. The van der Waals surface area contributed by atoms with Gasteiger partial charge >= 0.3 is 0 Å². The maximum atomic E-state index is 13.2. The number of hydrogen-bond donors (Lipinski definition) is 1. The van der Waals surface area contributed by atoms with Crippen molar-refractivity contribution in [2.24, 2.45) is 5.73 Å². The Balaban J connectivity index is 2.31. The Bertz CT molecular complexity index is 540. The van der Waals surface area contributed by atoms with Crippen molar-refractivity contribution in [3.05, 3.63) is 58.3 Å². The largest absolute Gasteiger partial charge is 0.457 e. The Morgan fingerprint density at radius 1 is 1.17 bits per heavy atom. The van der Waals surface area contributed by atoms with Gasteiger partial charge in [-0.3, -0.25) is 0 Å². The Kier molecular flexibility index (Phi) is 3.99. The molecule has 94 valence electrons. The first kappa shape index (κ1) is 13.1. The van der Waals surface area contributed by atoms with Gasteiger partial charge in [-0.2, -0.15) is 0 Å². The number of halogens is 2. The monoisotopic (exact) mass is 309 g/mol. The van der Waals surface area contributed by atoms with Crippen LogP contribution in [0, 0.1) is 5.82 Å². The molecule has 0 aliphatic rings. The van der Waals surface area contributed by atoms with Gasteiger partial charge in [-0.05, 0) is 49.4 Å². The molecule has 0 aliphatic carbocycles. The SMILES string of the molecule is CC(N)c1cc(F)ccc1Oc1ccc(Br)cc1. The van der Waals surface area contributed by atoms with Gasteiger partial charge in [-0.25, -0.2) is 4.39 Å². The molecule has 0 aliphatic heterocycles. The topological polar surface area (TPSA) is 35.2 Å². The molecular formula is C14H13BrFNO. The number of nitrogens with two attached hydrogens (primary N) is 1. The van der Waals surface area contributed by atoms with Crippen molar-refractivity contribution in [1.29, 1.82) is 0 Å². The van der Waals surface area contributed by atoms with Crippen LogP contribution in [0.1, 0.15) is 18.5 Å². The van der Waals surface area contributed by atoms with Gasteiger partial charge in [0.25, 0.3) is 0 Å². The van der Waals surface area contributed by atoms with Gasteiger partial charge in [0.1, 0.15) is 17.3 Å². The third-order valence-corrected chi connectivity index (χ3v) is 3.03. The zero-order valence-electron chi connectivity index (χ0n) is 9.86. The van der Waals surface area contributed by atoms with E-state index in [0.717, 1.165) is 4.47 Å². The van der Waals surface area contributed by atoms with Gasteiger partial charge in [0.2, 0.25) is 0 Å². The molecule has 2 rings (SSSR count). The van der Waals surface area contributed by atoms with Crippen LogP contribution in [0.2, 0.25) is 0 Å². The number of ether oxygens (including phenoxy) is 1. The van der Waals surface area contributed by atoms with Crippen LogP contribution < -0.4 is 10.5 Å². The molecule has 0 aromatic heterocycles. The fourth-order valence-corrected chi connectivity index (χ4v) is 1.86. The van der Waals surface area contributed by atoms with Crippen molar-refractivity contribution in [2.45, 2.75) is 13.0 Å². The predicted octanol–water partition coefficient (Wildman–Crippen LogP) is 4.40. The predicted molar refractivity (Wildman–Crippen MR) is 73.2 cm³/mol. The average Bonchev–Trinajstić information content (AvgIpc) is 2.34. The van der Waals surface area contributed by atoms with Crippen LogP contribution in [0.4, 0.5) is 4.39 Å². The highest BCUT2D eigenvalue weighted by Gasteiger charge is 2.10. The first-order chi connectivity index (χ1) is 8.56. The second-order valence-corrected chi connectivity index (χ2v) is 4.94. The lowest BCUT2D eigenvalue weighted by Crippen LogP contribution is -2.07. The zero-order valence-corrected chi connectivity index (χ0v) is 11.4. The molecule has 4 heteroatoms. The van der Waals surface area contributed by atoms with E-state index in [-0.39, 0.29) is 11.9 Å². The minimum Gasteiger partial charge on any atom is -0.457 e. The Labute approximate surface area is 114 Å². The van der Waals surface area contributed by atoms with Crippen LogP contribution in [-0.4, -0.2) is 0 Å². The summed E-state index contributed by atoms with van der Waals surface area (Å²) in [5, 5.41) is 0. The van der Waals surface area contributed by atoms with Crippen LogP contribution in [0.15, 0.2) is 46.9 Å². The van der Waals surface area contributed by atoms with Crippen LogP contribution in [0.5, 0.6) is 11.5 Å². The third kappa shape index (κ3) is 3.09. The van der Waals surface area contributed by atoms with Crippen molar-refractivity contribution in [2.75, 3.05) is 0 Å². The summed E-state index contributed by atoms with van der Waals surface area (Å²) in [6.45, 7) is 1.79. The summed E-state index contributed by atoms with van der Waals surface area (Å²) >= 11 is 3.35. The van der Waals surface area contributed by atoms with Crippen molar-refractivity contribution in [3.63, 3.8) is 0 Å². The van der Waals surface area contributed by atoms with Crippen LogP contribution in [0.3, 0.4) is 0 Å². The second-order valence-electron chi connectivity index (χ2n) is 4.03. The molecule has 1 unspecified atom stereocenters. The van der Waals surface area contributed by atoms with E-state index in [9.17, 15) is 4.39 Å². The van der Waals surface area contributed by atoms with E-state index < -0.39 is 0 Å². The highest BCUT2D eigenvalue weighted by molar-refractivity contribution is 9.10. The molecular weight excluding hydrogens is 297 g/mol. The summed E-state index contributed by atoms with van der Waals surface area (Å²) in [6.07, 6.45) is 0. The lowest BCUT2D eigenvalue weighted by molar-refractivity contribution is 0.469. The van der Waals surface area contributed by atoms with Crippen molar-refractivity contribution in [3.8, 4) is 11.5 Å². The summed E-state index contributed by atoms with van der Waals surface area (Å²) < 4.78 is 19.9. The van der Waals surface area contributed by atoms with Crippen molar-refractivity contribution >= 4 is 15.9 Å². The van der Waals surface area contributed by atoms with Crippen LogP contribution >= 0.6 is 15.9 Å². The number of rotatable bonds is 3. The van der Waals surface area contributed by atoms with E-state index in [1.54, 1.807) is 13.0 Å². The zero-order chi connectivity index (χ0) is 13.1. The van der Waals surface area contributed by atoms with E-state index in [0.29, 0.717) is 17.1 Å². The quantitative estimate of drug-likeness (QED) is 0.912. The molecule has 2 N–H and O–H groups in total. The van der Waals surface area contributed by atoms with Gasteiger partial charge < -0.3 is 10.5 Å². The van der Waals surface area contributed by atoms with Crippen molar-refractivity contribution in [1.82, 2.24) is 0 Å². The minimum atomic E-state index is -0.314. The molecule has 0 saturated heterocycles. The van der Waals surface area contributed by atoms with Crippen molar-refractivity contribution < 1.29 is 9.13 Å². The minimum absolute atomic E-state index is 0.286. The van der Waals surface area contributed by atoms with Gasteiger partial charge in [0.15, 0.2) is 0 Å². The van der Waals surface area contributed by atoms with Gasteiger partial charge in [-0.15, -0.1) is 0 Å². The fourth-order valence-electron chi connectivity index (χ4n) is 1.60. The van der Waals surface area contributed by atoms with Gasteiger partial charge in [-0.1, -0.05) is 15.9 Å². The summed E-state index contributed by atoms with van der Waals surface area (Å²) in [7, 11) is 0. The number of benzene rings is 2. The van der Waals surface area contributed by atoms with Crippen LogP contribution in [-0.2, 0) is 0 Å². The average molecular weight is 310 g/mol. The Morgan fingerprint density at radius 2 is 1.83 bits per heavy atom. The lowest BCUT2D eigenvalue weighted by Gasteiger charge is -2.13. The summed E-state index contributed by atoms with van der Waals surface area (Å²) in [5.74, 6) is 0.950. The Hall–Kier alpha value is -1.39. The molecule has 18 heavy (non-hydrogen) atoms. The molecule has 1 atom stereocenters. The van der Waals surface area contributed by atoms with Crippen LogP contribution in [0.25, 0.3) is 0 Å². The molecule has 0 amide bonds. The molecule has 0 bridgehead atoms. The smallest absolute Gasteiger partial charge is 0.132 e. The maximum absolute atomic E-state index is 13.2. The summed E-state index contributed by atoms with van der Waals surface area (Å²) in [4.78, 5) is 0. The highest BCUT2D eigenvalue weighted by atomic mass is 79.9.